The SMILES string of the molecule is Cc1cc(C)c2[nH]c(=O)c([C@H](c3nnnn3C3CCCC3)N3CCN(c4cccc(C)c4C)CC3)cc2c1. The van der Waals surface area contributed by atoms with E-state index in [0.717, 1.165) is 66.9 Å². The normalized spacial score (nSPS) is 17.9. The Morgan fingerprint density at radius 2 is 1.71 bits per heavy atom. The van der Waals surface area contributed by atoms with Gasteiger partial charge < -0.3 is 9.88 Å². The summed E-state index contributed by atoms with van der Waals surface area (Å²) >= 11 is 0. The summed E-state index contributed by atoms with van der Waals surface area (Å²) in [6.45, 7) is 11.9. The van der Waals surface area contributed by atoms with E-state index in [1.807, 2.05) is 4.68 Å². The van der Waals surface area contributed by atoms with Crippen molar-refractivity contribution < 1.29 is 0 Å². The maximum absolute atomic E-state index is 13.7. The van der Waals surface area contributed by atoms with Crippen molar-refractivity contribution in [1.82, 2.24) is 30.1 Å². The molecular formula is C30H37N7O. The summed E-state index contributed by atoms with van der Waals surface area (Å²) in [5, 5.41) is 14.2. The molecule has 2 fully saturated rings. The number of piperazine rings is 1. The number of nitrogens with zero attached hydrogens (tertiary/aromatic N) is 6. The Labute approximate surface area is 223 Å². The van der Waals surface area contributed by atoms with E-state index < -0.39 is 0 Å². The first-order valence-electron chi connectivity index (χ1n) is 13.9. The number of aromatic nitrogens is 5. The zero-order valence-electron chi connectivity index (χ0n) is 22.9. The van der Waals surface area contributed by atoms with Gasteiger partial charge in [0.1, 0.15) is 6.04 Å². The second-order valence-corrected chi connectivity index (χ2v) is 11.2. The number of tetrazole rings is 1. The van der Waals surface area contributed by atoms with E-state index in [1.54, 1.807) is 0 Å². The van der Waals surface area contributed by atoms with Crippen LogP contribution in [0.4, 0.5) is 5.69 Å². The molecule has 2 aliphatic rings. The highest BCUT2D eigenvalue weighted by Crippen LogP contribution is 2.35. The highest BCUT2D eigenvalue weighted by molar-refractivity contribution is 5.83. The molecule has 1 aliphatic carbocycles. The van der Waals surface area contributed by atoms with Crippen LogP contribution in [0.2, 0.25) is 0 Å². The molecule has 38 heavy (non-hydrogen) atoms. The average molecular weight is 512 g/mol. The van der Waals surface area contributed by atoms with Crippen LogP contribution in [0, 0.1) is 27.7 Å². The third-order valence-electron chi connectivity index (χ3n) is 8.65. The van der Waals surface area contributed by atoms with E-state index in [9.17, 15) is 4.79 Å². The van der Waals surface area contributed by atoms with Gasteiger partial charge >= 0.3 is 0 Å². The van der Waals surface area contributed by atoms with Crippen LogP contribution in [0.25, 0.3) is 10.9 Å². The van der Waals surface area contributed by atoms with Crippen molar-refractivity contribution in [1.29, 1.82) is 0 Å². The number of hydrogen-bond donors (Lipinski definition) is 1. The Morgan fingerprint density at radius 1 is 0.947 bits per heavy atom. The first-order chi connectivity index (χ1) is 18.4. The largest absolute Gasteiger partial charge is 0.369 e. The average Bonchev–Trinajstić information content (AvgIpc) is 3.60. The summed E-state index contributed by atoms with van der Waals surface area (Å²) in [5.74, 6) is 0.784. The van der Waals surface area contributed by atoms with Gasteiger partial charge in [0.25, 0.3) is 5.56 Å². The molecule has 0 amide bonds. The lowest BCUT2D eigenvalue weighted by Gasteiger charge is -2.40. The van der Waals surface area contributed by atoms with E-state index in [1.165, 1.54) is 35.2 Å². The van der Waals surface area contributed by atoms with Crippen LogP contribution in [0.5, 0.6) is 0 Å². The Balaban J connectivity index is 1.41. The molecule has 4 aromatic rings. The fourth-order valence-electron chi connectivity index (χ4n) is 6.49. The number of aromatic amines is 1. The van der Waals surface area contributed by atoms with Gasteiger partial charge in [-0.2, -0.15) is 0 Å². The fraction of sp³-hybridized carbons (Fsp3) is 0.467. The monoisotopic (exact) mass is 511 g/mol. The maximum Gasteiger partial charge on any atom is 0.253 e. The lowest BCUT2D eigenvalue weighted by atomic mass is 9.99. The number of nitrogens with one attached hydrogen (secondary N) is 1. The molecule has 8 nitrogen and oxygen atoms in total. The van der Waals surface area contributed by atoms with Crippen LogP contribution in [-0.2, 0) is 0 Å². The van der Waals surface area contributed by atoms with Crippen molar-refractivity contribution in [2.45, 2.75) is 65.5 Å². The number of pyridine rings is 1. The minimum Gasteiger partial charge on any atom is -0.369 e. The van der Waals surface area contributed by atoms with E-state index in [4.69, 9.17) is 0 Å². The lowest BCUT2D eigenvalue weighted by molar-refractivity contribution is 0.196. The van der Waals surface area contributed by atoms with Crippen molar-refractivity contribution >= 4 is 16.6 Å². The van der Waals surface area contributed by atoms with Crippen LogP contribution in [0.15, 0.2) is 41.2 Å². The van der Waals surface area contributed by atoms with Crippen molar-refractivity contribution in [3.05, 3.63) is 80.4 Å². The minimum absolute atomic E-state index is 0.0626. The van der Waals surface area contributed by atoms with Crippen molar-refractivity contribution in [3.63, 3.8) is 0 Å². The molecule has 8 heteroatoms. The smallest absolute Gasteiger partial charge is 0.253 e. The molecule has 0 bridgehead atoms. The van der Waals surface area contributed by atoms with E-state index in [0.29, 0.717) is 6.04 Å². The molecule has 0 unspecified atom stereocenters. The molecule has 1 atom stereocenters. The van der Waals surface area contributed by atoms with Gasteiger partial charge in [0.2, 0.25) is 0 Å². The molecule has 1 N–H and O–H groups in total. The van der Waals surface area contributed by atoms with Crippen LogP contribution in [0.3, 0.4) is 0 Å². The predicted molar refractivity (Wildman–Crippen MR) is 151 cm³/mol. The molecule has 1 aliphatic heterocycles. The lowest BCUT2D eigenvalue weighted by Crippen LogP contribution is -2.49. The number of fused-ring (bicyclic) bond motifs is 1. The maximum atomic E-state index is 13.7. The first-order valence-corrected chi connectivity index (χ1v) is 13.9. The molecule has 2 aromatic heterocycles. The zero-order chi connectivity index (χ0) is 26.4. The van der Waals surface area contributed by atoms with Gasteiger partial charge in [-0.15, -0.1) is 5.10 Å². The zero-order valence-corrected chi connectivity index (χ0v) is 22.9. The number of H-pyrrole nitrogens is 1. The molecule has 198 valence electrons. The van der Waals surface area contributed by atoms with Crippen LogP contribution < -0.4 is 10.5 Å². The second-order valence-electron chi connectivity index (χ2n) is 11.2. The van der Waals surface area contributed by atoms with E-state index in [2.05, 4.69) is 94.4 Å². The topological polar surface area (TPSA) is 82.9 Å². The summed E-state index contributed by atoms with van der Waals surface area (Å²) in [6, 6.07) is 12.9. The second kappa shape index (κ2) is 9.98. The van der Waals surface area contributed by atoms with Crippen molar-refractivity contribution in [3.8, 4) is 0 Å². The minimum atomic E-state index is -0.305. The molecule has 1 saturated heterocycles. The first kappa shape index (κ1) is 24.8. The molecule has 0 spiro atoms. The third-order valence-corrected chi connectivity index (χ3v) is 8.65. The van der Waals surface area contributed by atoms with Gasteiger partial charge in [-0.25, -0.2) is 4.68 Å². The van der Waals surface area contributed by atoms with Gasteiger partial charge in [-0.1, -0.05) is 36.6 Å². The number of rotatable bonds is 5. The summed E-state index contributed by atoms with van der Waals surface area (Å²) in [4.78, 5) is 21.7. The van der Waals surface area contributed by atoms with E-state index >= 15 is 0 Å². The molecule has 1 saturated carbocycles. The molecule has 3 heterocycles. The Bertz CT molecular complexity index is 1520. The molecule has 6 rings (SSSR count). The predicted octanol–water partition coefficient (Wildman–Crippen LogP) is 4.77. The van der Waals surface area contributed by atoms with Gasteiger partial charge in [0, 0.05) is 37.4 Å². The van der Waals surface area contributed by atoms with E-state index in [-0.39, 0.29) is 11.6 Å². The number of anilines is 1. The van der Waals surface area contributed by atoms with Crippen molar-refractivity contribution in [2.24, 2.45) is 0 Å². The number of benzene rings is 2. The summed E-state index contributed by atoms with van der Waals surface area (Å²) in [7, 11) is 0. The summed E-state index contributed by atoms with van der Waals surface area (Å²) in [5.41, 5.74) is 7.76. The highest BCUT2D eigenvalue weighted by atomic mass is 16.1. The quantitative estimate of drug-likeness (QED) is 0.415. The van der Waals surface area contributed by atoms with Gasteiger partial charge in [0.15, 0.2) is 5.82 Å². The van der Waals surface area contributed by atoms with Crippen LogP contribution >= 0.6 is 0 Å². The van der Waals surface area contributed by atoms with Crippen LogP contribution in [-0.4, -0.2) is 56.3 Å². The van der Waals surface area contributed by atoms with Crippen molar-refractivity contribution in [2.75, 3.05) is 31.1 Å². The molecule has 2 aromatic carbocycles. The number of aryl methyl sites for hydroxylation is 3. The molecular weight excluding hydrogens is 474 g/mol. The third kappa shape index (κ3) is 4.41. The Hall–Kier alpha value is -3.52. The highest BCUT2D eigenvalue weighted by Gasteiger charge is 2.35. The Kier molecular flexibility index (Phi) is 6.51. The van der Waals surface area contributed by atoms with Crippen LogP contribution in [0.1, 0.15) is 71.4 Å². The summed E-state index contributed by atoms with van der Waals surface area (Å²) < 4.78 is 2.01. The van der Waals surface area contributed by atoms with Gasteiger partial charge in [-0.05, 0) is 91.2 Å². The summed E-state index contributed by atoms with van der Waals surface area (Å²) in [6.07, 6.45) is 4.55. The van der Waals surface area contributed by atoms with Gasteiger partial charge in [0.05, 0.1) is 11.6 Å². The number of hydrogen-bond acceptors (Lipinski definition) is 6. The standard InChI is InChI=1S/C30H37N7O/c1-19-16-21(3)27-23(17-19)18-25(30(38)31-27)28(29-32-33-34-37(29)24-9-5-6-10-24)36-14-12-35(13-15-36)26-11-7-8-20(2)22(26)4/h7-8,11,16-18,24,28H,5-6,9-10,12-15H2,1-4H3,(H,31,38)/t28-/m1/s1. The fourth-order valence-corrected chi connectivity index (χ4v) is 6.49. The molecule has 0 radical (unpaired) electrons. The Morgan fingerprint density at radius 3 is 2.47 bits per heavy atom. The van der Waals surface area contributed by atoms with Gasteiger partial charge in [-0.3, -0.25) is 9.69 Å².